The van der Waals surface area contributed by atoms with E-state index in [9.17, 15) is 0 Å². The van der Waals surface area contributed by atoms with Gasteiger partial charge in [0.2, 0.25) is 0 Å². The van der Waals surface area contributed by atoms with Crippen LogP contribution in [0.5, 0.6) is 0 Å². The van der Waals surface area contributed by atoms with E-state index in [-0.39, 0.29) is 0 Å². The van der Waals surface area contributed by atoms with Crippen LogP contribution < -0.4 is 5.32 Å². The van der Waals surface area contributed by atoms with Crippen molar-refractivity contribution in [2.45, 2.75) is 0 Å². The first-order chi connectivity index (χ1) is 12.9. The van der Waals surface area contributed by atoms with Crippen LogP contribution >= 0.6 is 0 Å². The summed E-state index contributed by atoms with van der Waals surface area (Å²) in [5.74, 6) is 0.800. The number of hydrogen-bond donors (Lipinski definition) is 1. The van der Waals surface area contributed by atoms with Crippen molar-refractivity contribution in [3.63, 3.8) is 0 Å². The molecule has 0 saturated carbocycles. The lowest BCUT2D eigenvalue weighted by molar-refractivity contribution is 1.19. The van der Waals surface area contributed by atoms with Crippen LogP contribution in [0.4, 0.5) is 11.5 Å². The predicted molar refractivity (Wildman–Crippen MR) is 106 cm³/mol. The number of imidazole rings is 1. The largest absolute Gasteiger partial charge is 0.338 e. The third kappa shape index (κ3) is 2.48. The molecular formula is C22H16N4. The summed E-state index contributed by atoms with van der Waals surface area (Å²) in [7, 11) is 0. The van der Waals surface area contributed by atoms with Gasteiger partial charge >= 0.3 is 0 Å². The molecule has 3 aromatic carbocycles. The second-order valence-corrected chi connectivity index (χ2v) is 6.17. The maximum Gasteiger partial charge on any atom is 0.157 e. The molecule has 0 saturated heterocycles. The topological polar surface area (TPSA) is 42.2 Å². The van der Waals surface area contributed by atoms with Crippen molar-refractivity contribution >= 4 is 28.1 Å². The van der Waals surface area contributed by atoms with E-state index in [1.54, 1.807) is 0 Å². The number of nitrogens with one attached hydrogen (secondary N) is 1. The Bertz CT molecular complexity index is 1190. The van der Waals surface area contributed by atoms with Gasteiger partial charge in [-0.25, -0.2) is 9.97 Å². The summed E-state index contributed by atoms with van der Waals surface area (Å²) in [5, 5.41) is 3.43. The van der Waals surface area contributed by atoms with Gasteiger partial charge in [0, 0.05) is 5.69 Å². The summed E-state index contributed by atoms with van der Waals surface area (Å²) in [6, 6.07) is 26.8. The Kier molecular flexibility index (Phi) is 3.39. The van der Waals surface area contributed by atoms with Gasteiger partial charge in [0.1, 0.15) is 5.52 Å². The van der Waals surface area contributed by atoms with Gasteiger partial charge in [-0.05, 0) is 35.4 Å². The smallest absolute Gasteiger partial charge is 0.157 e. The first kappa shape index (κ1) is 14.7. The van der Waals surface area contributed by atoms with Crippen molar-refractivity contribution in [2.75, 3.05) is 5.32 Å². The Morgan fingerprint density at radius 2 is 1.42 bits per heavy atom. The van der Waals surface area contributed by atoms with Crippen LogP contribution in [0.2, 0.25) is 0 Å². The summed E-state index contributed by atoms with van der Waals surface area (Å²) in [5.41, 5.74) is 6.33. The Balaban J connectivity index is 1.54. The lowest BCUT2D eigenvalue weighted by Gasteiger charge is -2.10. The molecule has 4 heteroatoms. The van der Waals surface area contributed by atoms with Crippen LogP contribution in [-0.2, 0) is 0 Å². The highest BCUT2D eigenvalue weighted by atomic mass is 15.1. The second-order valence-electron chi connectivity index (χ2n) is 6.17. The number of para-hydroxylation sites is 2. The molecule has 2 aromatic heterocycles. The molecule has 0 aliphatic rings. The highest BCUT2D eigenvalue weighted by molar-refractivity contribution is 5.85. The van der Waals surface area contributed by atoms with Gasteiger partial charge in [-0.15, -0.1) is 0 Å². The highest BCUT2D eigenvalue weighted by Crippen LogP contribution is 2.26. The van der Waals surface area contributed by atoms with E-state index >= 15 is 0 Å². The molecule has 124 valence electrons. The van der Waals surface area contributed by atoms with Crippen molar-refractivity contribution in [3.05, 3.63) is 91.4 Å². The maximum atomic E-state index is 4.78. The van der Waals surface area contributed by atoms with E-state index in [1.807, 2.05) is 36.8 Å². The fourth-order valence-electron chi connectivity index (χ4n) is 3.21. The van der Waals surface area contributed by atoms with Crippen molar-refractivity contribution in [1.29, 1.82) is 0 Å². The molecule has 2 heterocycles. The number of nitrogens with zero attached hydrogens (tertiary/aromatic N) is 3. The van der Waals surface area contributed by atoms with Crippen LogP contribution in [0.25, 0.3) is 27.7 Å². The lowest BCUT2D eigenvalue weighted by Crippen LogP contribution is -1.99. The van der Waals surface area contributed by atoms with Gasteiger partial charge in [0.25, 0.3) is 0 Å². The zero-order valence-electron chi connectivity index (χ0n) is 14.0. The van der Waals surface area contributed by atoms with Gasteiger partial charge in [0.05, 0.1) is 23.6 Å². The van der Waals surface area contributed by atoms with Crippen molar-refractivity contribution in [1.82, 2.24) is 14.4 Å². The molecule has 0 atom stereocenters. The quantitative estimate of drug-likeness (QED) is 0.486. The molecule has 0 spiro atoms. The fourth-order valence-corrected chi connectivity index (χ4v) is 3.21. The first-order valence-corrected chi connectivity index (χ1v) is 8.52. The molecule has 0 amide bonds. The van der Waals surface area contributed by atoms with Gasteiger partial charge in [-0.1, -0.05) is 54.6 Å². The van der Waals surface area contributed by atoms with Crippen LogP contribution in [0.3, 0.4) is 0 Å². The average molecular weight is 336 g/mol. The van der Waals surface area contributed by atoms with E-state index in [1.165, 1.54) is 11.1 Å². The molecular weight excluding hydrogens is 320 g/mol. The fraction of sp³-hybridized carbons (Fsp3) is 0. The molecule has 1 N–H and O–H groups in total. The van der Waals surface area contributed by atoms with Gasteiger partial charge in [-0.3, -0.25) is 4.40 Å². The lowest BCUT2D eigenvalue weighted by atomic mass is 10.1. The summed E-state index contributed by atoms with van der Waals surface area (Å²) < 4.78 is 2.06. The predicted octanol–water partition coefficient (Wildman–Crippen LogP) is 5.29. The summed E-state index contributed by atoms with van der Waals surface area (Å²) >= 11 is 0. The molecule has 0 unspecified atom stereocenters. The normalized spacial score (nSPS) is 11.1. The van der Waals surface area contributed by atoms with Crippen LogP contribution in [0, 0.1) is 0 Å². The van der Waals surface area contributed by atoms with Crippen LogP contribution in [0.1, 0.15) is 0 Å². The number of anilines is 2. The van der Waals surface area contributed by atoms with Crippen molar-refractivity contribution in [3.8, 4) is 11.1 Å². The summed E-state index contributed by atoms with van der Waals surface area (Å²) in [6.07, 6.45) is 3.66. The van der Waals surface area contributed by atoms with Gasteiger partial charge < -0.3 is 5.32 Å². The number of benzene rings is 3. The maximum absolute atomic E-state index is 4.78. The third-order valence-electron chi connectivity index (χ3n) is 4.51. The number of fused-ring (bicyclic) bond motifs is 3. The zero-order valence-corrected chi connectivity index (χ0v) is 14.0. The molecule has 5 aromatic rings. The molecule has 4 nitrogen and oxygen atoms in total. The number of hydrogen-bond acceptors (Lipinski definition) is 3. The minimum Gasteiger partial charge on any atom is -0.338 e. The zero-order chi connectivity index (χ0) is 17.3. The number of aromatic nitrogens is 3. The summed E-state index contributed by atoms with van der Waals surface area (Å²) in [6.45, 7) is 0. The van der Waals surface area contributed by atoms with E-state index in [0.717, 1.165) is 28.1 Å². The van der Waals surface area contributed by atoms with Gasteiger partial charge in [0.15, 0.2) is 5.82 Å². The van der Waals surface area contributed by atoms with E-state index in [2.05, 4.69) is 69.3 Å². The van der Waals surface area contributed by atoms with E-state index < -0.39 is 0 Å². The minimum absolute atomic E-state index is 0.800. The van der Waals surface area contributed by atoms with E-state index in [4.69, 9.17) is 4.98 Å². The minimum atomic E-state index is 0.800. The summed E-state index contributed by atoms with van der Waals surface area (Å²) in [4.78, 5) is 9.07. The Hall–Kier alpha value is -3.66. The first-order valence-electron chi connectivity index (χ1n) is 8.52. The molecule has 0 fully saturated rings. The third-order valence-corrected chi connectivity index (χ3v) is 4.51. The Morgan fingerprint density at radius 1 is 0.692 bits per heavy atom. The Morgan fingerprint density at radius 3 is 2.27 bits per heavy atom. The van der Waals surface area contributed by atoms with Gasteiger partial charge in [-0.2, -0.15) is 0 Å². The average Bonchev–Trinajstić information content (AvgIpc) is 3.20. The molecule has 0 radical (unpaired) electrons. The molecule has 26 heavy (non-hydrogen) atoms. The molecule has 0 aliphatic heterocycles. The van der Waals surface area contributed by atoms with Crippen LogP contribution in [0.15, 0.2) is 91.4 Å². The van der Waals surface area contributed by atoms with Crippen LogP contribution in [-0.4, -0.2) is 14.4 Å². The monoisotopic (exact) mass is 336 g/mol. The molecule has 0 aliphatic carbocycles. The molecule has 0 bridgehead atoms. The van der Waals surface area contributed by atoms with Crippen molar-refractivity contribution < 1.29 is 0 Å². The number of rotatable bonds is 3. The highest BCUT2D eigenvalue weighted by Gasteiger charge is 2.08. The Labute approximate surface area is 150 Å². The molecule has 5 rings (SSSR count). The SMILES string of the molecule is c1ccc(-c2ccc(Nc3nc4ccccc4n4cncc34)cc2)cc1. The van der Waals surface area contributed by atoms with E-state index in [0.29, 0.717) is 0 Å². The second kappa shape index (κ2) is 6.01. The standard InChI is InChI=1S/C22H16N4/c1-2-6-16(7-3-1)17-10-12-18(13-11-17)24-22-21-14-23-15-26(21)20-9-5-4-8-19(20)25-22/h1-15H,(H,24,25). The van der Waals surface area contributed by atoms with Crippen molar-refractivity contribution in [2.24, 2.45) is 0 Å².